The predicted octanol–water partition coefficient (Wildman–Crippen LogP) is 0.528. The highest BCUT2D eigenvalue weighted by Gasteiger charge is 2.25. The van der Waals surface area contributed by atoms with Crippen LogP contribution in [0.5, 0.6) is 0 Å². The summed E-state index contributed by atoms with van der Waals surface area (Å²) < 4.78 is 0. The quantitative estimate of drug-likeness (QED) is 0.765. The lowest BCUT2D eigenvalue weighted by Crippen LogP contribution is -3.16. The summed E-state index contributed by atoms with van der Waals surface area (Å²) in [5.74, 6) is 0.224. The van der Waals surface area contributed by atoms with E-state index in [0.717, 1.165) is 18.8 Å². The molecule has 0 saturated carbocycles. The van der Waals surface area contributed by atoms with Gasteiger partial charge >= 0.3 is 0 Å². The van der Waals surface area contributed by atoms with Crippen molar-refractivity contribution in [2.75, 3.05) is 51.2 Å². The van der Waals surface area contributed by atoms with Crippen LogP contribution in [-0.4, -0.2) is 69.1 Å². The maximum absolute atomic E-state index is 12.7. The Morgan fingerprint density at radius 1 is 1.11 bits per heavy atom. The van der Waals surface area contributed by atoms with E-state index in [1.165, 1.54) is 15.7 Å². The maximum Gasteiger partial charge on any atom is 0.275 e. The number of nitrogens with one attached hydrogen (secondary N) is 2. The monoisotopic (exact) mass is 383 g/mol. The minimum absolute atomic E-state index is 0.0841. The molecule has 1 aliphatic rings. The van der Waals surface area contributed by atoms with Crippen molar-refractivity contribution in [3.8, 4) is 0 Å². The van der Waals surface area contributed by atoms with Gasteiger partial charge in [-0.15, -0.1) is 0 Å². The third-order valence-corrected chi connectivity index (χ3v) is 5.23. The van der Waals surface area contributed by atoms with Crippen LogP contribution >= 0.6 is 0 Å². The van der Waals surface area contributed by atoms with Crippen molar-refractivity contribution < 1.29 is 14.5 Å². The summed E-state index contributed by atoms with van der Waals surface area (Å²) in [4.78, 5) is 29.8. The molecule has 0 radical (unpaired) electrons. The Morgan fingerprint density at radius 3 is 2.46 bits per heavy atom. The zero-order chi connectivity index (χ0) is 20.1. The molecule has 2 aromatic rings. The third-order valence-electron chi connectivity index (χ3n) is 5.23. The van der Waals surface area contributed by atoms with Gasteiger partial charge in [-0.05, 0) is 36.8 Å². The molecule has 1 heterocycles. The second-order valence-electron chi connectivity index (χ2n) is 7.92. The number of likely N-dealkylation sites (N-methyl/N-ethyl adjacent to an activating group) is 1. The van der Waals surface area contributed by atoms with Crippen LogP contribution in [0.25, 0.3) is 10.8 Å². The Balaban J connectivity index is 1.50. The molecule has 0 bridgehead atoms. The summed E-state index contributed by atoms with van der Waals surface area (Å²) in [6.45, 7) is 7.82. The van der Waals surface area contributed by atoms with Crippen molar-refractivity contribution in [3.63, 3.8) is 0 Å². The van der Waals surface area contributed by atoms with Crippen molar-refractivity contribution in [2.45, 2.75) is 19.9 Å². The number of carbonyl (C=O) groups is 2. The number of carbonyl (C=O) groups excluding carboxylic acids is 2. The Morgan fingerprint density at radius 2 is 1.79 bits per heavy atom. The van der Waals surface area contributed by atoms with Crippen LogP contribution in [0.3, 0.4) is 0 Å². The lowest BCUT2D eigenvalue weighted by molar-refractivity contribution is -0.896. The number of anilines is 1. The van der Waals surface area contributed by atoms with E-state index in [1.807, 2.05) is 42.8 Å². The second kappa shape index (κ2) is 9.06. The molecule has 0 unspecified atom stereocenters. The molecule has 0 aliphatic carbocycles. The van der Waals surface area contributed by atoms with E-state index >= 15 is 0 Å². The smallest absolute Gasteiger partial charge is 0.275 e. The van der Waals surface area contributed by atoms with Gasteiger partial charge in [0.15, 0.2) is 6.54 Å². The van der Waals surface area contributed by atoms with Crippen molar-refractivity contribution in [1.29, 1.82) is 0 Å². The molecular formula is C22H31N4O2+. The number of piperazine rings is 1. The Hall–Kier alpha value is -2.60. The van der Waals surface area contributed by atoms with Crippen LogP contribution in [-0.2, 0) is 9.59 Å². The largest absolute Gasteiger partial charge is 0.365 e. The van der Waals surface area contributed by atoms with Crippen LogP contribution in [0, 0.1) is 0 Å². The number of fused-ring (bicyclic) bond motifs is 1. The fourth-order valence-corrected chi connectivity index (χ4v) is 3.66. The molecule has 0 aromatic heterocycles. The standard InChI is InChI=1S/C22H30N4O2/c1-17(2)23-21(27)15-25-10-12-26(13-11-25)22(28)16-24(3)20-9-8-18-6-4-5-7-19(18)14-20/h4-9,14,17H,10-13,15-16H2,1-3H3,(H,23,27)/p+1. The molecule has 3 rings (SSSR count). The van der Waals surface area contributed by atoms with Gasteiger partial charge in [-0.3, -0.25) is 9.59 Å². The number of hydrogen-bond donors (Lipinski definition) is 2. The van der Waals surface area contributed by atoms with Gasteiger partial charge in [-0.25, -0.2) is 0 Å². The highest BCUT2D eigenvalue weighted by Crippen LogP contribution is 2.21. The van der Waals surface area contributed by atoms with Gasteiger partial charge in [-0.2, -0.15) is 0 Å². The lowest BCUT2D eigenvalue weighted by atomic mass is 10.1. The van der Waals surface area contributed by atoms with Crippen LogP contribution in [0.2, 0.25) is 0 Å². The molecular weight excluding hydrogens is 352 g/mol. The number of nitrogens with zero attached hydrogens (tertiary/aromatic N) is 2. The summed E-state index contributed by atoms with van der Waals surface area (Å²) in [5.41, 5.74) is 1.04. The first-order valence-corrected chi connectivity index (χ1v) is 10.0. The topological polar surface area (TPSA) is 57.1 Å². The Bertz CT molecular complexity index is 828. The van der Waals surface area contributed by atoms with E-state index in [2.05, 4.69) is 35.6 Å². The molecule has 0 spiro atoms. The van der Waals surface area contributed by atoms with E-state index in [-0.39, 0.29) is 17.9 Å². The molecule has 1 saturated heterocycles. The van der Waals surface area contributed by atoms with E-state index in [1.54, 1.807) is 0 Å². The Labute approximate surface area is 167 Å². The number of amides is 2. The molecule has 28 heavy (non-hydrogen) atoms. The van der Waals surface area contributed by atoms with Gasteiger partial charge < -0.3 is 20.0 Å². The average Bonchev–Trinajstić information content (AvgIpc) is 2.67. The fraction of sp³-hybridized carbons (Fsp3) is 0.455. The van der Waals surface area contributed by atoms with Crippen LogP contribution < -0.4 is 15.1 Å². The molecule has 2 aromatic carbocycles. The Kier molecular flexibility index (Phi) is 6.52. The van der Waals surface area contributed by atoms with Gasteiger partial charge in [0.2, 0.25) is 5.91 Å². The minimum atomic E-state index is 0.0841. The van der Waals surface area contributed by atoms with Gasteiger partial charge in [0.05, 0.1) is 32.7 Å². The molecule has 2 N–H and O–H groups in total. The molecule has 1 aliphatic heterocycles. The molecule has 6 nitrogen and oxygen atoms in total. The normalized spacial score (nSPS) is 15.1. The van der Waals surface area contributed by atoms with Crippen molar-refractivity contribution >= 4 is 28.3 Å². The van der Waals surface area contributed by atoms with Gasteiger partial charge in [0.25, 0.3) is 5.91 Å². The molecule has 1 fully saturated rings. The summed E-state index contributed by atoms with van der Waals surface area (Å²) in [6.07, 6.45) is 0. The van der Waals surface area contributed by atoms with E-state index in [0.29, 0.717) is 26.2 Å². The fourth-order valence-electron chi connectivity index (χ4n) is 3.66. The van der Waals surface area contributed by atoms with E-state index in [9.17, 15) is 9.59 Å². The summed E-state index contributed by atoms with van der Waals surface area (Å²) >= 11 is 0. The maximum atomic E-state index is 12.7. The SMILES string of the molecule is CC(C)NC(=O)C[NH+]1CCN(C(=O)CN(C)c2ccc3ccccc3c2)CC1. The predicted molar refractivity (Wildman–Crippen MR) is 113 cm³/mol. The highest BCUT2D eigenvalue weighted by atomic mass is 16.2. The zero-order valence-corrected chi connectivity index (χ0v) is 17.1. The van der Waals surface area contributed by atoms with E-state index in [4.69, 9.17) is 0 Å². The zero-order valence-electron chi connectivity index (χ0n) is 17.1. The van der Waals surface area contributed by atoms with Crippen LogP contribution in [0.1, 0.15) is 13.8 Å². The number of quaternary nitrogens is 1. The highest BCUT2D eigenvalue weighted by molar-refractivity contribution is 5.87. The molecule has 0 atom stereocenters. The number of hydrogen-bond acceptors (Lipinski definition) is 3. The van der Waals surface area contributed by atoms with E-state index < -0.39 is 0 Å². The lowest BCUT2D eigenvalue weighted by Gasteiger charge is -2.33. The third kappa shape index (κ3) is 5.23. The molecule has 150 valence electrons. The summed E-state index contributed by atoms with van der Waals surface area (Å²) in [5, 5.41) is 5.31. The van der Waals surface area contributed by atoms with Crippen LogP contribution in [0.15, 0.2) is 42.5 Å². The van der Waals surface area contributed by atoms with Crippen molar-refractivity contribution in [1.82, 2.24) is 10.2 Å². The summed E-state index contributed by atoms with van der Waals surface area (Å²) in [6, 6.07) is 14.7. The summed E-state index contributed by atoms with van der Waals surface area (Å²) in [7, 11) is 1.96. The van der Waals surface area contributed by atoms with Gasteiger partial charge in [0, 0.05) is 18.8 Å². The number of rotatable bonds is 6. The second-order valence-corrected chi connectivity index (χ2v) is 7.92. The first-order chi connectivity index (χ1) is 13.4. The van der Waals surface area contributed by atoms with Gasteiger partial charge in [0.1, 0.15) is 0 Å². The molecule has 2 amide bonds. The van der Waals surface area contributed by atoms with Crippen molar-refractivity contribution in [3.05, 3.63) is 42.5 Å². The first-order valence-electron chi connectivity index (χ1n) is 10.0. The molecule has 6 heteroatoms. The van der Waals surface area contributed by atoms with Crippen molar-refractivity contribution in [2.24, 2.45) is 0 Å². The average molecular weight is 384 g/mol. The minimum Gasteiger partial charge on any atom is -0.365 e. The number of benzene rings is 2. The van der Waals surface area contributed by atoms with Gasteiger partial charge in [-0.1, -0.05) is 30.3 Å². The van der Waals surface area contributed by atoms with Crippen LogP contribution in [0.4, 0.5) is 5.69 Å². The first kappa shape index (κ1) is 20.1.